The number of rotatable bonds is 6. The highest BCUT2D eigenvalue weighted by Gasteiger charge is 2.19. The molecule has 1 aliphatic heterocycles. The quantitative estimate of drug-likeness (QED) is 0.847. The number of nitrogens with zero attached hydrogens (tertiary/aromatic N) is 1. The minimum atomic E-state index is 0.452. The summed E-state index contributed by atoms with van der Waals surface area (Å²) < 4.78 is 5.82. The highest BCUT2D eigenvalue weighted by atomic mass is 32.1. The summed E-state index contributed by atoms with van der Waals surface area (Å²) in [6.07, 6.45) is 8.27. The average Bonchev–Trinajstić information content (AvgIpc) is 2.83. The zero-order chi connectivity index (χ0) is 11.9. The highest BCUT2D eigenvalue weighted by molar-refractivity contribution is 7.09. The van der Waals surface area contributed by atoms with E-state index in [0.717, 1.165) is 26.0 Å². The molecule has 0 spiro atoms. The van der Waals surface area contributed by atoms with E-state index in [2.05, 4.69) is 22.6 Å². The van der Waals surface area contributed by atoms with Crippen LogP contribution in [0.25, 0.3) is 0 Å². The standard InChI is InChI=1S/C13H22N2OS/c1-2-14-11(10-13-15-6-8-17-13)9-12-5-3-4-7-16-12/h6,8,11-12,14H,2-5,7,9-10H2,1H3. The molecule has 3 nitrogen and oxygen atoms in total. The Kier molecular flexibility index (Phi) is 5.42. The second kappa shape index (κ2) is 7.09. The first kappa shape index (κ1) is 13.0. The molecule has 2 unspecified atom stereocenters. The van der Waals surface area contributed by atoms with Gasteiger partial charge in [0.25, 0.3) is 0 Å². The number of ether oxygens (including phenoxy) is 1. The molecule has 4 heteroatoms. The molecular weight excluding hydrogens is 232 g/mol. The molecular formula is C13H22N2OS. The Hall–Kier alpha value is -0.450. The SMILES string of the molecule is CCNC(Cc1nccs1)CC1CCCCO1. The number of aromatic nitrogens is 1. The molecule has 2 atom stereocenters. The van der Waals surface area contributed by atoms with Gasteiger partial charge in [0.05, 0.1) is 11.1 Å². The minimum absolute atomic E-state index is 0.452. The van der Waals surface area contributed by atoms with Gasteiger partial charge < -0.3 is 10.1 Å². The molecule has 1 aliphatic rings. The largest absolute Gasteiger partial charge is 0.378 e. The van der Waals surface area contributed by atoms with Crippen LogP contribution in [-0.2, 0) is 11.2 Å². The molecule has 2 heterocycles. The highest BCUT2D eigenvalue weighted by Crippen LogP contribution is 2.19. The van der Waals surface area contributed by atoms with Crippen LogP contribution in [0, 0.1) is 0 Å². The van der Waals surface area contributed by atoms with Crippen LogP contribution >= 0.6 is 11.3 Å². The van der Waals surface area contributed by atoms with Crippen molar-refractivity contribution in [2.75, 3.05) is 13.2 Å². The summed E-state index contributed by atoms with van der Waals surface area (Å²) >= 11 is 1.75. The van der Waals surface area contributed by atoms with Gasteiger partial charge in [-0.25, -0.2) is 4.98 Å². The van der Waals surface area contributed by atoms with E-state index in [0.29, 0.717) is 12.1 Å². The lowest BCUT2D eigenvalue weighted by atomic mass is 10.00. The number of thiazole rings is 1. The van der Waals surface area contributed by atoms with Crippen molar-refractivity contribution in [1.29, 1.82) is 0 Å². The van der Waals surface area contributed by atoms with E-state index in [9.17, 15) is 0 Å². The number of hydrogen-bond donors (Lipinski definition) is 1. The van der Waals surface area contributed by atoms with Crippen molar-refractivity contribution < 1.29 is 4.74 Å². The summed E-state index contributed by atoms with van der Waals surface area (Å²) in [4.78, 5) is 4.37. The van der Waals surface area contributed by atoms with Crippen LogP contribution in [0.15, 0.2) is 11.6 Å². The molecule has 1 saturated heterocycles. The van der Waals surface area contributed by atoms with Gasteiger partial charge in [-0.2, -0.15) is 0 Å². The Morgan fingerprint density at radius 1 is 1.59 bits per heavy atom. The van der Waals surface area contributed by atoms with Gasteiger partial charge in [0, 0.05) is 30.6 Å². The number of likely N-dealkylation sites (N-methyl/N-ethyl adjacent to an activating group) is 1. The van der Waals surface area contributed by atoms with Crippen molar-refractivity contribution >= 4 is 11.3 Å². The van der Waals surface area contributed by atoms with Gasteiger partial charge >= 0.3 is 0 Å². The molecule has 0 amide bonds. The second-order valence-corrected chi connectivity index (χ2v) is 5.59. The summed E-state index contributed by atoms with van der Waals surface area (Å²) in [7, 11) is 0. The smallest absolute Gasteiger partial charge is 0.0940 e. The van der Waals surface area contributed by atoms with Crippen LogP contribution in [0.1, 0.15) is 37.6 Å². The van der Waals surface area contributed by atoms with E-state index < -0.39 is 0 Å². The molecule has 1 N–H and O–H groups in total. The minimum Gasteiger partial charge on any atom is -0.378 e. The molecule has 0 radical (unpaired) electrons. The zero-order valence-electron chi connectivity index (χ0n) is 10.5. The van der Waals surface area contributed by atoms with E-state index in [-0.39, 0.29) is 0 Å². The molecule has 0 aliphatic carbocycles. The van der Waals surface area contributed by atoms with Crippen molar-refractivity contribution in [1.82, 2.24) is 10.3 Å². The normalized spacial score (nSPS) is 22.5. The maximum Gasteiger partial charge on any atom is 0.0940 e. The maximum absolute atomic E-state index is 5.82. The van der Waals surface area contributed by atoms with E-state index >= 15 is 0 Å². The number of hydrogen-bond acceptors (Lipinski definition) is 4. The first-order valence-corrected chi connectivity index (χ1v) is 7.49. The first-order chi connectivity index (χ1) is 8.38. The van der Waals surface area contributed by atoms with Gasteiger partial charge in [0.1, 0.15) is 0 Å². The zero-order valence-corrected chi connectivity index (χ0v) is 11.3. The second-order valence-electron chi connectivity index (χ2n) is 4.61. The Morgan fingerprint density at radius 2 is 2.53 bits per heavy atom. The van der Waals surface area contributed by atoms with Gasteiger partial charge in [-0.3, -0.25) is 0 Å². The van der Waals surface area contributed by atoms with Crippen LogP contribution in [0.4, 0.5) is 0 Å². The molecule has 0 saturated carbocycles. The molecule has 1 fully saturated rings. The summed E-state index contributed by atoms with van der Waals surface area (Å²) in [6.45, 7) is 4.13. The number of nitrogens with one attached hydrogen (secondary N) is 1. The fraction of sp³-hybridized carbons (Fsp3) is 0.769. The van der Waals surface area contributed by atoms with Gasteiger partial charge in [-0.1, -0.05) is 6.92 Å². The average molecular weight is 254 g/mol. The van der Waals surface area contributed by atoms with Crippen molar-refractivity contribution in [3.63, 3.8) is 0 Å². The monoisotopic (exact) mass is 254 g/mol. The summed E-state index contributed by atoms with van der Waals surface area (Å²) in [5.74, 6) is 0. The van der Waals surface area contributed by atoms with E-state index in [4.69, 9.17) is 4.74 Å². The van der Waals surface area contributed by atoms with E-state index in [1.54, 1.807) is 11.3 Å². The lowest BCUT2D eigenvalue weighted by molar-refractivity contribution is 0.00535. The van der Waals surface area contributed by atoms with Gasteiger partial charge in [0.15, 0.2) is 0 Å². The van der Waals surface area contributed by atoms with Crippen molar-refractivity contribution in [3.8, 4) is 0 Å². The third-order valence-electron chi connectivity index (χ3n) is 3.22. The van der Waals surface area contributed by atoms with Crippen LogP contribution in [0.3, 0.4) is 0 Å². The lowest BCUT2D eigenvalue weighted by Crippen LogP contribution is -2.36. The molecule has 1 aromatic rings. The molecule has 96 valence electrons. The molecule has 2 rings (SSSR count). The Morgan fingerprint density at radius 3 is 3.18 bits per heavy atom. The van der Waals surface area contributed by atoms with Gasteiger partial charge in [-0.05, 0) is 32.2 Å². The van der Waals surface area contributed by atoms with Crippen molar-refractivity contribution in [2.24, 2.45) is 0 Å². The summed E-state index contributed by atoms with van der Waals surface area (Å²) in [6, 6.07) is 0.509. The predicted octanol–water partition coefficient (Wildman–Crippen LogP) is 2.62. The van der Waals surface area contributed by atoms with E-state index in [1.165, 1.54) is 24.3 Å². The summed E-state index contributed by atoms with van der Waals surface area (Å²) in [5, 5.41) is 6.83. The molecule has 1 aromatic heterocycles. The topological polar surface area (TPSA) is 34.2 Å². The fourth-order valence-corrected chi connectivity index (χ4v) is 3.10. The van der Waals surface area contributed by atoms with Crippen LogP contribution in [0.2, 0.25) is 0 Å². The molecule has 0 bridgehead atoms. The Labute approximate surface area is 108 Å². The third-order valence-corrected chi connectivity index (χ3v) is 4.02. The lowest BCUT2D eigenvalue weighted by Gasteiger charge is -2.27. The van der Waals surface area contributed by atoms with Crippen molar-refractivity contribution in [2.45, 2.75) is 51.2 Å². The Bertz CT molecular complexity index is 296. The van der Waals surface area contributed by atoms with Crippen LogP contribution in [-0.4, -0.2) is 30.3 Å². The third kappa shape index (κ3) is 4.37. The molecule has 0 aromatic carbocycles. The van der Waals surface area contributed by atoms with Crippen molar-refractivity contribution in [3.05, 3.63) is 16.6 Å². The van der Waals surface area contributed by atoms with E-state index in [1.807, 2.05) is 6.20 Å². The predicted molar refractivity (Wildman–Crippen MR) is 71.5 cm³/mol. The van der Waals surface area contributed by atoms with Crippen LogP contribution in [0.5, 0.6) is 0 Å². The van der Waals surface area contributed by atoms with Gasteiger partial charge in [-0.15, -0.1) is 11.3 Å². The van der Waals surface area contributed by atoms with Gasteiger partial charge in [0.2, 0.25) is 0 Å². The Balaban J connectivity index is 1.83. The summed E-state index contributed by atoms with van der Waals surface area (Å²) in [5.41, 5.74) is 0. The molecule has 17 heavy (non-hydrogen) atoms. The van der Waals surface area contributed by atoms with Crippen LogP contribution < -0.4 is 5.32 Å². The fourth-order valence-electron chi connectivity index (χ4n) is 2.40. The first-order valence-electron chi connectivity index (χ1n) is 6.62. The maximum atomic E-state index is 5.82.